The maximum absolute atomic E-state index is 6.13. The van der Waals surface area contributed by atoms with Gasteiger partial charge in [0.25, 0.3) is 0 Å². The van der Waals surface area contributed by atoms with Gasteiger partial charge in [-0.05, 0) is 57.4 Å². The van der Waals surface area contributed by atoms with Crippen LogP contribution in [0.2, 0.25) is 5.02 Å². The highest BCUT2D eigenvalue weighted by molar-refractivity contribution is 6.31. The summed E-state index contributed by atoms with van der Waals surface area (Å²) in [6.07, 6.45) is 4.96. The van der Waals surface area contributed by atoms with Gasteiger partial charge >= 0.3 is 0 Å². The highest BCUT2D eigenvalue weighted by Crippen LogP contribution is 2.42. The van der Waals surface area contributed by atoms with Gasteiger partial charge in [0.1, 0.15) is 5.82 Å². The van der Waals surface area contributed by atoms with Gasteiger partial charge in [-0.25, -0.2) is 4.98 Å². The molecule has 0 spiro atoms. The van der Waals surface area contributed by atoms with Crippen LogP contribution in [0.4, 0.5) is 0 Å². The molecule has 0 bridgehead atoms. The smallest absolute Gasteiger partial charge is 0.113 e. The summed E-state index contributed by atoms with van der Waals surface area (Å²) in [5.41, 5.74) is 2.32. The summed E-state index contributed by atoms with van der Waals surface area (Å²) in [4.78, 5) is 4.94. The monoisotopic (exact) mass is 289 g/mol. The molecule has 2 aromatic rings. The topological polar surface area (TPSA) is 29.9 Å². The number of fused-ring (bicyclic) bond motifs is 1. The summed E-state index contributed by atoms with van der Waals surface area (Å²) in [6.45, 7) is 3.37. The van der Waals surface area contributed by atoms with Crippen molar-refractivity contribution in [2.75, 3.05) is 6.54 Å². The van der Waals surface area contributed by atoms with Crippen LogP contribution < -0.4 is 5.32 Å². The fraction of sp³-hybridized carbons (Fsp3) is 0.562. The number of imidazole rings is 1. The van der Waals surface area contributed by atoms with Crippen LogP contribution in [0.3, 0.4) is 0 Å². The molecule has 4 heteroatoms. The Morgan fingerprint density at radius 1 is 1.30 bits per heavy atom. The number of hydrogen-bond donors (Lipinski definition) is 1. The lowest BCUT2D eigenvalue weighted by atomic mass is 9.92. The van der Waals surface area contributed by atoms with Gasteiger partial charge in [-0.1, -0.05) is 11.6 Å². The molecule has 2 heterocycles. The van der Waals surface area contributed by atoms with E-state index in [1.54, 1.807) is 0 Å². The first-order chi connectivity index (χ1) is 9.72. The van der Waals surface area contributed by atoms with Gasteiger partial charge in [0.2, 0.25) is 0 Å². The Kier molecular flexibility index (Phi) is 3.00. The maximum atomic E-state index is 6.13. The number of halogens is 1. The number of rotatable bonds is 2. The zero-order valence-electron chi connectivity index (χ0n) is 11.8. The summed E-state index contributed by atoms with van der Waals surface area (Å²) in [7, 11) is 0. The molecule has 0 radical (unpaired) electrons. The second-order valence-electron chi connectivity index (χ2n) is 6.28. The van der Waals surface area contributed by atoms with E-state index in [1.165, 1.54) is 37.0 Å². The van der Waals surface area contributed by atoms with Gasteiger partial charge in [-0.15, -0.1) is 0 Å². The molecular weight excluding hydrogens is 270 g/mol. The molecule has 2 atom stereocenters. The largest absolute Gasteiger partial charge is 0.325 e. The number of hydrogen-bond acceptors (Lipinski definition) is 2. The zero-order chi connectivity index (χ0) is 13.7. The van der Waals surface area contributed by atoms with E-state index in [-0.39, 0.29) is 0 Å². The Morgan fingerprint density at radius 2 is 2.15 bits per heavy atom. The molecule has 2 unspecified atom stereocenters. The van der Waals surface area contributed by atoms with Crippen LogP contribution in [0.1, 0.15) is 50.4 Å². The van der Waals surface area contributed by atoms with Gasteiger partial charge in [-0.2, -0.15) is 0 Å². The Labute approximate surface area is 124 Å². The van der Waals surface area contributed by atoms with E-state index in [1.807, 2.05) is 12.1 Å². The zero-order valence-corrected chi connectivity index (χ0v) is 12.5. The minimum Gasteiger partial charge on any atom is -0.325 e. The second kappa shape index (κ2) is 4.74. The summed E-state index contributed by atoms with van der Waals surface area (Å²) in [6, 6.07) is 7.38. The molecule has 1 aliphatic carbocycles. The molecule has 2 aliphatic rings. The Bertz CT molecular complexity index is 644. The molecule has 3 nitrogen and oxygen atoms in total. The van der Waals surface area contributed by atoms with Crippen molar-refractivity contribution >= 4 is 22.6 Å². The van der Waals surface area contributed by atoms with Crippen LogP contribution in [0, 0.1) is 0 Å². The second-order valence-corrected chi connectivity index (χ2v) is 6.72. The summed E-state index contributed by atoms with van der Waals surface area (Å²) in [5.74, 6) is 1.87. The minimum absolute atomic E-state index is 0.582. The van der Waals surface area contributed by atoms with E-state index in [9.17, 15) is 0 Å². The fourth-order valence-electron chi connectivity index (χ4n) is 3.46. The molecule has 4 rings (SSSR count). The first-order valence-electron chi connectivity index (χ1n) is 7.63. The summed E-state index contributed by atoms with van der Waals surface area (Å²) < 4.78 is 2.49. The molecular formula is C16H20ClN3. The maximum Gasteiger partial charge on any atom is 0.113 e. The molecule has 0 amide bonds. The molecule has 1 aliphatic heterocycles. The Morgan fingerprint density at radius 3 is 2.90 bits per heavy atom. The van der Waals surface area contributed by atoms with E-state index < -0.39 is 0 Å². The number of aromatic nitrogens is 2. The number of benzene rings is 1. The lowest BCUT2D eigenvalue weighted by molar-refractivity contribution is 0.364. The number of nitrogens with one attached hydrogen (secondary N) is 1. The fourth-order valence-corrected chi connectivity index (χ4v) is 3.63. The first kappa shape index (κ1) is 12.7. The van der Waals surface area contributed by atoms with Crippen molar-refractivity contribution in [3.63, 3.8) is 0 Å². The van der Waals surface area contributed by atoms with Gasteiger partial charge in [0.05, 0.1) is 11.0 Å². The predicted octanol–water partition coefficient (Wildman–Crippen LogP) is 3.88. The molecule has 1 aromatic carbocycles. The van der Waals surface area contributed by atoms with Gasteiger partial charge < -0.3 is 9.88 Å². The standard InChI is InChI=1S/C16H20ClN3/c1-10-8-11(6-7-18-10)16-19-14-9-12(17)2-5-15(14)20(16)13-3-4-13/h2,5,9-11,13,18H,3-4,6-8H2,1H3. The van der Waals surface area contributed by atoms with Gasteiger partial charge in [0.15, 0.2) is 0 Å². The summed E-state index contributed by atoms with van der Waals surface area (Å²) >= 11 is 6.13. The summed E-state index contributed by atoms with van der Waals surface area (Å²) in [5, 5.41) is 4.31. The number of nitrogens with zero attached hydrogens (tertiary/aromatic N) is 2. The van der Waals surface area contributed by atoms with Crippen LogP contribution in [-0.2, 0) is 0 Å². The molecule has 1 aromatic heterocycles. The van der Waals surface area contributed by atoms with Crippen LogP contribution in [-0.4, -0.2) is 22.1 Å². The third-order valence-electron chi connectivity index (χ3n) is 4.58. The minimum atomic E-state index is 0.582. The molecule has 2 fully saturated rings. The normalized spacial score (nSPS) is 27.1. The SMILES string of the molecule is CC1CC(c2nc3cc(Cl)ccc3n2C2CC2)CCN1. The quantitative estimate of drug-likeness (QED) is 0.909. The van der Waals surface area contributed by atoms with Crippen LogP contribution in [0.15, 0.2) is 18.2 Å². The van der Waals surface area contributed by atoms with E-state index in [0.29, 0.717) is 18.0 Å². The van der Waals surface area contributed by atoms with Crippen molar-refractivity contribution in [3.05, 3.63) is 29.0 Å². The molecule has 1 saturated heterocycles. The predicted molar refractivity (Wildman–Crippen MR) is 82.5 cm³/mol. The van der Waals surface area contributed by atoms with Crippen molar-refractivity contribution in [1.29, 1.82) is 0 Å². The van der Waals surface area contributed by atoms with E-state index in [4.69, 9.17) is 16.6 Å². The van der Waals surface area contributed by atoms with Gasteiger partial charge in [-0.3, -0.25) is 0 Å². The van der Waals surface area contributed by atoms with Crippen molar-refractivity contribution in [2.24, 2.45) is 0 Å². The molecule has 106 valence electrons. The Balaban J connectivity index is 1.83. The lowest BCUT2D eigenvalue weighted by Gasteiger charge is -2.28. The van der Waals surface area contributed by atoms with Crippen molar-refractivity contribution in [2.45, 2.75) is 50.6 Å². The first-order valence-corrected chi connectivity index (χ1v) is 8.01. The third kappa shape index (κ3) is 2.13. The van der Waals surface area contributed by atoms with Crippen molar-refractivity contribution in [3.8, 4) is 0 Å². The molecule has 20 heavy (non-hydrogen) atoms. The van der Waals surface area contributed by atoms with Crippen molar-refractivity contribution < 1.29 is 0 Å². The Hall–Kier alpha value is -1.06. The molecule has 1 saturated carbocycles. The van der Waals surface area contributed by atoms with E-state index in [0.717, 1.165) is 17.1 Å². The third-order valence-corrected chi connectivity index (χ3v) is 4.81. The van der Waals surface area contributed by atoms with Crippen LogP contribution in [0.5, 0.6) is 0 Å². The average Bonchev–Trinajstić information content (AvgIpc) is 3.19. The van der Waals surface area contributed by atoms with Crippen LogP contribution >= 0.6 is 11.6 Å². The van der Waals surface area contributed by atoms with Crippen LogP contribution in [0.25, 0.3) is 11.0 Å². The highest BCUT2D eigenvalue weighted by Gasteiger charge is 2.32. The number of piperidine rings is 1. The average molecular weight is 290 g/mol. The highest BCUT2D eigenvalue weighted by atomic mass is 35.5. The lowest BCUT2D eigenvalue weighted by Crippen LogP contribution is -2.35. The van der Waals surface area contributed by atoms with E-state index >= 15 is 0 Å². The van der Waals surface area contributed by atoms with Gasteiger partial charge in [0, 0.05) is 23.0 Å². The van der Waals surface area contributed by atoms with Crippen molar-refractivity contribution in [1.82, 2.24) is 14.9 Å². The van der Waals surface area contributed by atoms with E-state index in [2.05, 4.69) is 22.9 Å². The molecule has 1 N–H and O–H groups in total.